The molecule has 0 saturated carbocycles. The Kier molecular flexibility index (Phi) is 3.76. The van der Waals surface area contributed by atoms with Gasteiger partial charge in [0, 0.05) is 0 Å². The lowest BCUT2D eigenvalue weighted by Crippen LogP contribution is -2.05. The van der Waals surface area contributed by atoms with E-state index in [0.717, 1.165) is 6.42 Å². The number of rotatable bonds is 3. The van der Waals surface area contributed by atoms with Gasteiger partial charge < -0.3 is 5.11 Å². The van der Waals surface area contributed by atoms with Gasteiger partial charge in [0.1, 0.15) is 0 Å². The Bertz CT molecular complexity index is 116. The van der Waals surface area contributed by atoms with Crippen molar-refractivity contribution in [3.8, 4) is 0 Å². The second-order valence-electron chi connectivity index (χ2n) is 1.96. The van der Waals surface area contributed by atoms with Crippen LogP contribution in [0, 0.1) is 5.92 Å². The number of aliphatic carboxylic acids is 1. The van der Waals surface area contributed by atoms with Gasteiger partial charge in [-0.15, -0.1) is 0 Å². The Morgan fingerprint density at radius 2 is 2.33 bits per heavy atom. The van der Waals surface area contributed by atoms with Crippen molar-refractivity contribution in [1.82, 2.24) is 0 Å². The summed E-state index contributed by atoms with van der Waals surface area (Å²) < 4.78 is 0. The minimum atomic E-state index is -0.764. The normalized spacial score (nSPS) is 14.0. The van der Waals surface area contributed by atoms with E-state index in [2.05, 4.69) is 0 Å². The molecule has 2 heteroatoms. The Balaban J connectivity index is 3.62. The summed E-state index contributed by atoms with van der Waals surface area (Å²) in [5.41, 5.74) is 0. The second-order valence-corrected chi connectivity index (χ2v) is 1.96. The van der Waals surface area contributed by atoms with Crippen molar-refractivity contribution < 1.29 is 9.90 Å². The van der Waals surface area contributed by atoms with Crippen molar-refractivity contribution in [3.05, 3.63) is 12.2 Å². The van der Waals surface area contributed by atoms with E-state index < -0.39 is 5.97 Å². The summed E-state index contributed by atoms with van der Waals surface area (Å²) in [6, 6.07) is 0. The Labute approximate surface area is 55.2 Å². The minimum Gasteiger partial charge on any atom is -0.481 e. The summed E-state index contributed by atoms with van der Waals surface area (Å²) in [4.78, 5) is 10.2. The number of hydrogen-bond donors (Lipinski definition) is 1. The largest absolute Gasteiger partial charge is 0.481 e. The van der Waals surface area contributed by atoms with Crippen LogP contribution in [0.2, 0.25) is 0 Å². The average molecular weight is 128 g/mol. The molecule has 52 valence electrons. The molecule has 0 aliphatic carbocycles. The second kappa shape index (κ2) is 4.13. The fourth-order valence-electron chi connectivity index (χ4n) is 0.423. The first-order valence-electron chi connectivity index (χ1n) is 3.08. The number of carboxylic acid groups (broad SMARTS) is 1. The maximum Gasteiger partial charge on any atom is 0.310 e. The molecule has 0 radical (unpaired) electrons. The average Bonchev–Trinajstić information content (AvgIpc) is 1.82. The number of carboxylic acids is 1. The Morgan fingerprint density at radius 1 is 1.78 bits per heavy atom. The summed E-state index contributed by atoms with van der Waals surface area (Å²) in [5.74, 6) is -1.11. The van der Waals surface area contributed by atoms with E-state index in [9.17, 15) is 4.79 Å². The summed E-state index contributed by atoms with van der Waals surface area (Å²) in [7, 11) is 0. The zero-order valence-electron chi connectivity index (χ0n) is 5.79. The van der Waals surface area contributed by atoms with Crippen LogP contribution in [0.4, 0.5) is 0 Å². The molecule has 1 N–H and O–H groups in total. The van der Waals surface area contributed by atoms with E-state index in [0.29, 0.717) is 0 Å². The zero-order chi connectivity index (χ0) is 7.28. The Hall–Kier alpha value is -0.790. The molecule has 0 rings (SSSR count). The van der Waals surface area contributed by atoms with E-state index in [1.165, 1.54) is 0 Å². The van der Waals surface area contributed by atoms with Crippen molar-refractivity contribution in [1.29, 1.82) is 0 Å². The molecule has 0 fully saturated rings. The zero-order valence-corrected chi connectivity index (χ0v) is 5.79. The lowest BCUT2D eigenvalue weighted by atomic mass is 10.1. The first kappa shape index (κ1) is 8.21. The molecule has 0 aromatic rings. The van der Waals surface area contributed by atoms with E-state index in [4.69, 9.17) is 5.11 Å². The van der Waals surface area contributed by atoms with Gasteiger partial charge in [-0.1, -0.05) is 19.1 Å². The van der Waals surface area contributed by atoms with Gasteiger partial charge in [0.25, 0.3) is 0 Å². The smallest absolute Gasteiger partial charge is 0.310 e. The lowest BCUT2D eigenvalue weighted by Gasteiger charge is -1.94. The van der Waals surface area contributed by atoms with Crippen LogP contribution < -0.4 is 0 Å². The maximum atomic E-state index is 10.2. The van der Waals surface area contributed by atoms with Crippen molar-refractivity contribution in [3.63, 3.8) is 0 Å². The summed E-state index contributed by atoms with van der Waals surface area (Å²) in [5, 5.41) is 8.36. The highest BCUT2D eigenvalue weighted by molar-refractivity contribution is 5.71. The molecule has 0 aliphatic rings. The van der Waals surface area contributed by atoms with Crippen LogP contribution >= 0.6 is 0 Å². The van der Waals surface area contributed by atoms with Crippen LogP contribution in [0.3, 0.4) is 0 Å². The van der Waals surface area contributed by atoms with E-state index in [-0.39, 0.29) is 5.92 Å². The highest BCUT2D eigenvalue weighted by Crippen LogP contribution is 1.96. The molecule has 0 amide bonds. The predicted molar refractivity (Wildman–Crippen MR) is 36.2 cm³/mol. The molecule has 0 bridgehead atoms. The van der Waals surface area contributed by atoms with Crippen LogP contribution in [-0.4, -0.2) is 11.1 Å². The summed E-state index contributed by atoms with van der Waals surface area (Å²) in [6.45, 7) is 3.64. The molecule has 0 aliphatic heterocycles. The van der Waals surface area contributed by atoms with Crippen molar-refractivity contribution in [2.45, 2.75) is 20.3 Å². The number of carbonyl (C=O) groups is 1. The predicted octanol–water partition coefficient (Wildman–Crippen LogP) is 1.67. The molecule has 0 heterocycles. The quantitative estimate of drug-likeness (QED) is 0.587. The van der Waals surface area contributed by atoms with Gasteiger partial charge >= 0.3 is 5.97 Å². The molecule has 0 aromatic heterocycles. The van der Waals surface area contributed by atoms with E-state index >= 15 is 0 Å². The lowest BCUT2D eigenvalue weighted by molar-refractivity contribution is -0.139. The van der Waals surface area contributed by atoms with Crippen LogP contribution in [0.1, 0.15) is 20.3 Å². The molecule has 0 spiro atoms. The fraction of sp³-hybridized carbons (Fsp3) is 0.571. The standard InChI is InChI=1S/C7H12O2/c1-3-4-5-6(2)7(8)9/h4-6H,3H2,1-2H3,(H,8,9)/b5-4+. The van der Waals surface area contributed by atoms with Crippen molar-refractivity contribution in [2.24, 2.45) is 5.92 Å². The number of hydrogen-bond acceptors (Lipinski definition) is 1. The molecular weight excluding hydrogens is 116 g/mol. The van der Waals surface area contributed by atoms with Crippen molar-refractivity contribution in [2.75, 3.05) is 0 Å². The highest BCUT2D eigenvalue weighted by atomic mass is 16.4. The highest BCUT2D eigenvalue weighted by Gasteiger charge is 2.03. The third kappa shape index (κ3) is 3.76. The minimum absolute atomic E-state index is 0.343. The third-order valence-corrected chi connectivity index (χ3v) is 1.05. The maximum absolute atomic E-state index is 10.2. The van der Waals surface area contributed by atoms with Crippen LogP contribution in [0.15, 0.2) is 12.2 Å². The van der Waals surface area contributed by atoms with Crippen LogP contribution in [-0.2, 0) is 4.79 Å². The third-order valence-electron chi connectivity index (χ3n) is 1.05. The van der Waals surface area contributed by atoms with Gasteiger partial charge in [0.2, 0.25) is 0 Å². The SMILES string of the molecule is CC/C=C/C(C)C(=O)O. The number of allylic oxidation sites excluding steroid dienone is 1. The summed E-state index contributed by atoms with van der Waals surface area (Å²) in [6.07, 6.45) is 4.46. The molecule has 0 aromatic carbocycles. The summed E-state index contributed by atoms with van der Waals surface area (Å²) >= 11 is 0. The Morgan fingerprint density at radius 3 is 2.67 bits per heavy atom. The first-order chi connectivity index (χ1) is 4.18. The monoisotopic (exact) mass is 128 g/mol. The van der Waals surface area contributed by atoms with Gasteiger partial charge in [0.05, 0.1) is 5.92 Å². The topological polar surface area (TPSA) is 37.3 Å². The van der Waals surface area contributed by atoms with Gasteiger partial charge in [0.15, 0.2) is 0 Å². The van der Waals surface area contributed by atoms with Gasteiger partial charge in [-0.3, -0.25) is 4.79 Å². The molecular formula is C7H12O2. The van der Waals surface area contributed by atoms with E-state index in [1.54, 1.807) is 13.0 Å². The van der Waals surface area contributed by atoms with E-state index in [1.807, 2.05) is 13.0 Å². The molecule has 1 atom stereocenters. The fourth-order valence-corrected chi connectivity index (χ4v) is 0.423. The van der Waals surface area contributed by atoms with Crippen LogP contribution in [0.5, 0.6) is 0 Å². The van der Waals surface area contributed by atoms with Gasteiger partial charge in [-0.05, 0) is 13.3 Å². The molecule has 9 heavy (non-hydrogen) atoms. The van der Waals surface area contributed by atoms with Gasteiger partial charge in [-0.25, -0.2) is 0 Å². The molecule has 2 nitrogen and oxygen atoms in total. The van der Waals surface area contributed by atoms with Crippen LogP contribution in [0.25, 0.3) is 0 Å². The van der Waals surface area contributed by atoms with Crippen molar-refractivity contribution >= 4 is 5.97 Å². The molecule has 0 saturated heterocycles. The first-order valence-corrected chi connectivity index (χ1v) is 3.08. The molecule has 1 unspecified atom stereocenters. The van der Waals surface area contributed by atoms with Gasteiger partial charge in [-0.2, -0.15) is 0 Å².